The van der Waals surface area contributed by atoms with Crippen molar-refractivity contribution in [2.24, 2.45) is 0 Å². The summed E-state index contributed by atoms with van der Waals surface area (Å²) in [5.74, 6) is -1.68. The third-order valence-corrected chi connectivity index (χ3v) is 4.18. The molecule has 5 nitrogen and oxygen atoms in total. The molecule has 2 rings (SSSR count). The van der Waals surface area contributed by atoms with Gasteiger partial charge in [0.2, 0.25) is 5.91 Å². The van der Waals surface area contributed by atoms with Gasteiger partial charge in [-0.2, -0.15) is 0 Å². The largest absolute Gasteiger partial charge is 0.382 e. The van der Waals surface area contributed by atoms with Crippen molar-refractivity contribution in [2.75, 3.05) is 33.5 Å². The van der Waals surface area contributed by atoms with E-state index in [1.54, 1.807) is 14.0 Å². The lowest BCUT2D eigenvalue weighted by atomic mass is 9.82. The van der Waals surface area contributed by atoms with Gasteiger partial charge in [0.15, 0.2) is 0 Å². The molecule has 24 heavy (non-hydrogen) atoms. The summed E-state index contributed by atoms with van der Waals surface area (Å²) in [4.78, 5) is 12.4. The van der Waals surface area contributed by atoms with Gasteiger partial charge in [-0.1, -0.05) is 6.07 Å². The second kappa shape index (κ2) is 8.50. The van der Waals surface area contributed by atoms with Crippen molar-refractivity contribution in [1.82, 2.24) is 5.32 Å². The van der Waals surface area contributed by atoms with Gasteiger partial charge in [0.25, 0.3) is 0 Å². The standard InChI is InChI=1S/C17H23F2NO4/c1-12(24-10-9-22-2)16(21)20-17(5-7-23-8-6-17)14-4-3-13(18)11-15(14)19/h3-4,11-12H,5-10H2,1-2H3,(H,20,21)/t12-/m0/s1. The van der Waals surface area contributed by atoms with Gasteiger partial charge in [-0.15, -0.1) is 0 Å². The van der Waals surface area contributed by atoms with Gasteiger partial charge in [-0.05, 0) is 25.8 Å². The fourth-order valence-corrected chi connectivity index (χ4v) is 2.78. The number of halogens is 2. The van der Waals surface area contributed by atoms with Crippen LogP contribution in [-0.2, 0) is 24.5 Å². The average molecular weight is 343 g/mol. The number of hydrogen-bond acceptors (Lipinski definition) is 4. The summed E-state index contributed by atoms with van der Waals surface area (Å²) < 4.78 is 43.1. The van der Waals surface area contributed by atoms with Crippen molar-refractivity contribution in [1.29, 1.82) is 0 Å². The molecule has 1 aliphatic heterocycles. The molecule has 0 spiro atoms. The highest BCUT2D eigenvalue weighted by Gasteiger charge is 2.39. The van der Waals surface area contributed by atoms with Crippen LogP contribution in [0, 0.1) is 11.6 Å². The van der Waals surface area contributed by atoms with Gasteiger partial charge in [-0.25, -0.2) is 8.78 Å². The third-order valence-electron chi connectivity index (χ3n) is 4.18. The van der Waals surface area contributed by atoms with Crippen molar-refractivity contribution < 1.29 is 27.8 Å². The number of ether oxygens (including phenoxy) is 3. The van der Waals surface area contributed by atoms with Gasteiger partial charge in [0.05, 0.1) is 18.8 Å². The maximum atomic E-state index is 14.3. The predicted octanol–water partition coefficient (Wildman–Crippen LogP) is 2.14. The van der Waals surface area contributed by atoms with Crippen LogP contribution >= 0.6 is 0 Å². The Morgan fingerprint density at radius 1 is 1.33 bits per heavy atom. The molecular weight excluding hydrogens is 320 g/mol. The molecule has 0 aliphatic carbocycles. The second-order valence-electron chi connectivity index (χ2n) is 5.81. The van der Waals surface area contributed by atoms with E-state index in [0.717, 1.165) is 6.07 Å². The minimum Gasteiger partial charge on any atom is -0.382 e. The molecule has 1 atom stereocenters. The van der Waals surface area contributed by atoms with E-state index in [1.807, 2.05) is 0 Å². The molecule has 0 radical (unpaired) electrons. The van der Waals surface area contributed by atoms with E-state index in [2.05, 4.69) is 5.32 Å². The van der Waals surface area contributed by atoms with Crippen LogP contribution in [0.15, 0.2) is 18.2 Å². The highest BCUT2D eigenvalue weighted by atomic mass is 19.1. The summed E-state index contributed by atoms with van der Waals surface area (Å²) in [5.41, 5.74) is -0.656. The second-order valence-corrected chi connectivity index (χ2v) is 5.81. The summed E-state index contributed by atoms with van der Waals surface area (Å²) in [5, 5.41) is 2.89. The van der Waals surface area contributed by atoms with Crippen LogP contribution in [0.25, 0.3) is 0 Å². The van der Waals surface area contributed by atoms with Gasteiger partial charge in [0, 0.05) is 32.0 Å². The van der Waals surface area contributed by atoms with Crippen LogP contribution < -0.4 is 5.32 Å². The molecule has 134 valence electrons. The first-order chi connectivity index (χ1) is 11.5. The number of rotatable bonds is 7. The summed E-state index contributed by atoms with van der Waals surface area (Å²) in [6.07, 6.45) is 0.112. The maximum absolute atomic E-state index is 14.3. The van der Waals surface area contributed by atoms with E-state index in [4.69, 9.17) is 14.2 Å². The highest BCUT2D eigenvalue weighted by molar-refractivity contribution is 5.81. The zero-order valence-corrected chi connectivity index (χ0v) is 13.9. The number of carbonyl (C=O) groups is 1. The predicted molar refractivity (Wildman–Crippen MR) is 83.5 cm³/mol. The average Bonchev–Trinajstić information content (AvgIpc) is 2.55. The van der Waals surface area contributed by atoms with Gasteiger partial charge < -0.3 is 19.5 Å². The first-order valence-electron chi connectivity index (χ1n) is 7.94. The number of carbonyl (C=O) groups excluding carboxylic acids is 1. The Hall–Kier alpha value is -1.57. The maximum Gasteiger partial charge on any atom is 0.249 e. The van der Waals surface area contributed by atoms with Crippen LogP contribution in [0.3, 0.4) is 0 Å². The van der Waals surface area contributed by atoms with Crippen molar-refractivity contribution in [3.05, 3.63) is 35.4 Å². The Bertz CT molecular complexity index is 562. The molecule has 1 N–H and O–H groups in total. The van der Waals surface area contributed by atoms with Gasteiger partial charge >= 0.3 is 0 Å². The topological polar surface area (TPSA) is 56.8 Å². The fraction of sp³-hybridized carbons (Fsp3) is 0.588. The van der Waals surface area contributed by atoms with E-state index in [0.29, 0.717) is 32.7 Å². The van der Waals surface area contributed by atoms with Crippen LogP contribution in [-0.4, -0.2) is 45.5 Å². The summed E-state index contributed by atoms with van der Waals surface area (Å²) in [6.45, 7) is 3.06. The number of nitrogens with one attached hydrogen (secondary N) is 1. The smallest absolute Gasteiger partial charge is 0.249 e. The number of methoxy groups -OCH3 is 1. The van der Waals surface area contributed by atoms with Crippen LogP contribution in [0.5, 0.6) is 0 Å². The monoisotopic (exact) mass is 343 g/mol. The van der Waals surface area contributed by atoms with Gasteiger partial charge in [-0.3, -0.25) is 4.79 Å². The highest BCUT2D eigenvalue weighted by Crippen LogP contribution is 2.34. The number of amides is 1. The van der Waals surface area contributed by atoms with E-state index in [1.165, 1.54) is 12.1 Å². The van der Waals surface area contributed by atoms with Crippen LogP contribution in [0.4, 0.5) is 8.78 Å². The Balaban J connectivity index is 2.17. The normalized spacial score (nSPS) is 18.2. The molecule has 7 heteroatoms. The minimum atomic E-state index is -0.925. The molecule has 0 aromatic heterocycles. The Labute approximate surface area is 140 Å². The first kappa shape index (κ1) is 18.8. The molecule has 0 bridgehead atoms. The van der Waals surface area contributed by atoms with E-state index in [9.17, 15) is 13.6 Å². The number of hydrogen-bond donors (Lipinski definition) is 1. The Kier molecular flexibility index (Phi) is 6.65. The fourth-order valence-electron chi connectivity index (χ4n) is 2.78. The van der Waals surface area contributed by atoms with Crippen molar-refractivity contribution >= 4 is 5.91 Å². The zero-order valence-electron chi connectivity index (χ0n) is 13.9. The minimum absolute atomic E-state index is 0.268. The van der Waals surface area contributed by atoms with Crippen molar-refractivity contribution in [2.45, 2.75) is 31.4 Å². The summed E-state index contributed by atoms with van der Waals surface area (Å²) in [7, 11) is 1.54. The van der Waals surface area contributed by atoms with Crippen LogP contribution in [0.2, 0.25) is 0 Å². The lowest BCUT2D eigenvalue weighted by Crippen LogP contribution is -2.52. The molecule has 0 saturated carbocycles. The van der Waals surface area contributed by atoms with Gasteiger partial charge in [0.1, 0.15) is 17.7 Å². The van der Waals surface area contributed by atoms with E-state index >= 15 is 0 Å². The summed E-state index contributed by atoms with van der Waals surface area (Å²) in [6, 6.07) is 3.41. The molecule has 1 fully saturated rings. The Morgan fingerprint density at radius 2 is 2.04 bits per heavy atom. The van der Waals surface area contributed by atoms with Crippen LogP contribution in [0.1, 0.15) is 25.3 Å². The quantitative estimate of drug-likeness (QED) is 0.771. The van der Waals surface area contributed by atoms with E-state index < -0.39 is 23.3 Å². The molecule has 1 saturated heterocycles. The summed E-state index contributed by atoms with van der Waals surface area (Å²) >= 11 is 0. The SMILES string of the molecule is COCCO[C@@H](C)C(=O)NC1(c2ccc(F)cc2F)CCOCC1. The molecule has 1 amide bonds. The molecule has 1 aliphatic rings. The molecule has 1 heterocycles. The zero-order chi connectivity index (χ0) is 17.6. The molecule has 0 unspecified atom stereocenters. The molecular formula is C17H23F2NO4. The number of benzene rings is 1. The van der Waals surface area contributed by atoms with Crippen molar-refractivity contribution in [3.8, 4) is 0 Å². The molecule has 1 aromatic carbocycles. The Morgan fingerprint density at radius 3 is 2.67 bits per heavy atom. The third kappa shape index (κ3) is 4.49. The van der Waals surface area contributed by atoms with E-state index in [-0.39, 0.29) is 18.1 Å². The van der Waals surface area contributed by atoms with Crippen molar-refractivity contribution in [3.63, 3.8) is 0 Å². The lowest BCUT2D eigenvalue weighted by molar-refractivity contribution is -0.136. The first-order valence-corrected chi connectivity index (χ1v) is 7.94. The molecule has 1 aromatic rings. The lowest BCUT2D eigenvalue weighted by Gasteiger charge is -2.39.